The zero-order valence-electron chi connectivity index (χ0n) is 12.7. The molecule has 0 atom stereocenters. The topological polar surface area (TPSA) is 134 Å². The van der Waals surface area contributed by atoms with E-state index in [1.807, 2.05) is 0 Å². The highest BCUT2D eigenvalue weighted by molar-refractivity contribution is 5.96. The number of benzene rings is 1. The first-order chi connectivity index (χ1) is 11.1. The Morgan fingerprint density at radius 1 is 1.22 bits per heavy atom. The van der Waals surface area contributed by atoms with E-state index in [2.05, 4.69) is 25.5 Å². The van der Waals surface area contributed by atoms with Crippen molar-refractivity contribution in [1.82, 2.24) is 15.7 Å². The molecule has 1 heterocycles. The Kier molecular flexibility index (Phi) is 4.97. The molecule has 23 heavy (non-hydrogen) atoms. The number of hydrogen-bond acceptors (Lipinski definition) is 9. The summed E-state index contributed by atoms with van der Waals surface area (Å²) in [5.41, 5.74) is 8.13. The number of amides is 1. The number of rotatable bonds is 6. The number of anilines is 1. The van der Waals surface area contributed by atoms with Gasteiger partial charge in [0.05, 0.1) is 27.5 Å². The lowest BCUT2D eigenvalue weighted by molar-refractivity contribution is 0.0946. The van der Waals surface area contributed by atoms with Gasteiger partial charge in [-0.2, -0.15) is 5.10 Å². The van der Waals surface area contributed by atoms with Crippen molar-refractivity contribution in [3.63, 3.8) is 0 Å². The maximum Gasteiger partial charge on any atom is 0.297 e. The van der Waals surface area contributed by atoms with Gasteiger partial charge >= 0.3 is 0 Å². The van der Waals surface area contributed by atoms with Gasteiger partial charge in [0.15, 0.2) is 11.5 Å². The third-order valence-electron chi connectivity index (χ3n) is 2.80. The predicted molar refractivity (Wildman–Crippen MR) is 79.9 cm³/mol. The Morgan fingerprint density at radius 2 is 1.87 bits per heavy atom. The molecule has 2 aromatic rings. The van der Waals surface area contributed by atoms with Crippen LogP contribution in [0.1, 0.15) is 16.1 Å². The van der Waals surface area contributed by atoms with E-state index in [4.69, 9.17) is 19.9 Å². The van der Waals surface area contributed by atoms with Gasteiger partial charge in [0.25, 0.3) is 5.91 Å². The SMILES string of the molecule is COc1cc(C=NNC(=O)c2nonc2N)cc(OC)c1OC. The molecule has 0 spiro atoms. The molecule has 0 unspecified atom stereocenters. The summed E-state index contributed by atoms with van der Waals surface area (Å²) < 4.78 is 20.0. The van der Waals surface area contributed by atoms with Gasteiger partial charge in [-0.05, 0) is 22.4 Å². The second-order valence-electron chi connectivity index (χ2n) is 4.16. The molecule has 10 heteroatoms. The molecule has 0 radical (unpaired) electrons. The van der Waals surface area contributed by atoms with E-state index in [-0.39, 0.29) is 11.5 Å². The normalized spacial score (nSPS) is 10.6. The number of hydrazone groups is 1. The summed E-state index contributed by atoms with van der Waals surface area (Å²) in [6.45, 7) is 0. The van der Waals surface area contributed by atoms with E-state index >= 15 is 0 Å². The average Bonchev–Trinajstić information content (AvgIpc) is 2.99. The number of hydrogen-bond donors (Lipinski definition) is 2. The molecule has 1 amide bonds. The van der Waals surface area contributed by atoms with E-state index < -0.39 is 5.91 Å². The number of nitrogen functional groups attached to an aromatic ring is 1. The van der Waals surface area contributed by atoms with Crippen molar-refractivity contribution in [1.29, 1.82) is 0 Å². The Labute approximate surface area is 131 Å². The molecule has 2 rings (SSSR count). The molecule has 3 N–H and O–H groups in total. The zero-order valence-corrected chi connectivity index (χ0v) is 12.7. The van der Waals surface area contributed by atoms with Crippen LogP contribution in [-0.2, 0) is 0 Å². The summed E-state index contributed by atoms with van der Waals surface area (Å²) in [6, 6.07) is 3.34. The molecular weight excluding hydrogens is 306 g/mol. The fourth-order valence-electron chi connectivity index (χ4n) is 1.75. The second-order valence-corrected chi connectivity index (χ2v) is 4.16. The molecule has 0 bridgehead atoms. The minimum atomic E-state index is -0.646. The van der Waals surface area contributed by atoms with Crippen molar-refractivity contribution in [2.45, 2.75) is 0 Å². The van der Waals surface area contributed by atoms with Gasteiger partial charge in [-0.1, -0.05) is 0 Å². The van der Waals surface area contributed by atoms with Crippen molar-refractivity contribution in [2.75, 3.05) is 27.1 Å². The van der Waals surface area contributed by atoms with Gasteiger partial charge in [-0.3, -0.25) is 4.79 Å². The van der Waals surface area contributed by atoms with Crippen LogP contribution in [0.2, 0.25) is 0 Å². The van der Waals surface area contributed by atoms with Crippen LogP contribution in [0.15, 0.2) is 21.9 Å². The molecular formula is C13H15N5O5. The van der Waals surface area contributed by atoms with Crippen molar-refractivity contribution in [3.8, 4) is 17.2 Å². The summed E-state index contributed by atoms with van der Waals surface area (Å²) in [5.74, 6) is 0.615. The molecule has 0 saturated heterocycles. The molecule has 0 aliphatic rings. The number of carbonyl (C=O) groups is 1. The van der Waals surface area contributed by atoms with Gasteiger partial charge in [0, 0.05) is 5.56 Å². The molecule has 1 aromatic heterocycles. The Bertz CT molecular complexity index is 702. The highest BCUT2D eigenvalue weighted by Gasteiger charge is 2.15. The minimum absolute atomic E-state index is 0.120. The number of carbonyl (C=O) groups excluding carboxylic acids is 1. The summed E-state index contributed by atoms with van der Waals surface area (Å²) in [4.78, 5) is 11.7. The summed E-state index contributed by atoms with van der Waals surface area (Å²) in [5, 5.41) is 10.5. The molecule has 0 fully saturated rings. The fraction of sp³-hybridized carbons (Fsp3) is 0.231. The Morgan fingerprint density at radius 3 is 2.35 bits per heavy atom. The van der Waals surface area contributed by atoms with E-state index in [0.29, 0.717) is 22.8 Å². The van der Waals surface area contributed by atoms with Crippen LogP contribution < -0.4 is 25.4 Å². The van der Waals surface area contributed by atoms with Gasteiger partial charge < -0.3 is 19.9 Å². The number of nitrogens with two attached hydrogens (primary N) is 1. The predicted octanol–water partition coefficient (Wildman–Crippen LogP) is 0.441. The van der Waals surface area contributed by atoms with Gasteiger partial charge in [0.2, 0.25) is 17.3 Å². The maximum atomic E-state index is 11.7. The van der Waals surface area contributed by atoms with Crippen molar-refractivity contribution in [3.05, 3.63) is 23.4 Å². The van der Waals surface area contributed by atoms with E-state index in [0.717, 1.165) is 0 Å². The lowest BCUT2D eigenvalue weighted by atomic mass is 10.2. The largest absolute Gasteiger partial charge is 0.493 e. The average molecular weight is 321 g/mol. The minimum Gasteiger partial charge on any atom is -0.493 e. The number of ether oxygens (including phenoxy) is 3. The first-order valence-electron chi connectivity index (χ1n) is 6.32. The van der Waals surface area contributed by atoms with Crippen LogP contribution in [0.3, 0.4) is 0 Å². The van der Waals surface area contributed by atoms with Gasteiger partial charge in [-0.25, -0.2) is 10.1 Å². The van der Waals surface area contributed by atoms with Crippen LogP contribution in [0.25, 0.3) is 0 Å². The maximum absolute atomic E-state index is 11.7. The van der Waals surface area contributed by atoms with E-state index in [1.165, 1.54) is 27.5 Å². The first-order valence-corrected chi connectivity index (χ1v) is 6.32. The molecule has 0 saturated carbocycles. The third kappa shape index (κ3) is 3.48. The number of methoxy groups -OCH3 is 3. The molecule has 1 aromatic carbocycles. The van der Waals surface area contributed by atoms with Crippen molar-refractivity contribution >= 4 is 17.9 Å². The molecule has 0 aliphatic heterocycles. The highest BCUT2D eigenvalue weighted by Crippen LogP contribution is 2.37. The van der Waals surface area contributed by atoms with E-state index in [9.17, 15) is 4.79 Å². The lowest BCUT2D eigenvalue weighted by Crippen LogP contribution is -2.19. The van der Waals surface area contributed by atoms with Crippen LogP contribution in [-0.4, -0.2) is 43.8 Å². The smallest absolute Gasteiger partial charge is 0.297 e. The number of nitrogens with zero attached hydrogens (tertiary/aromatic N) is 3. The van der Waals surface area contributed by atoms with Crippen molar-refractivity contribution < 1.29 is 23.6 Å². The van der Waals surface area contributed by atoms with Crippen LogP contribution in [0, 0.1) is 0 Å². The summed E-state index contributed by atoms with van der Waals surface area (Å²) >= 11 is 0. The monoisotopic (exact) mass is 321 g/mol. The Hall–Kier alpha value is -3.30. The van der Waals surface area contributed by atoms with Gasteiger partial charge in [0.1, 0.15) is 0 Å². The Balaban J connectivity index is 2.16. The first kappa shape index (κ1) is 16.1. The quantitative estimate of drug-likeness (QED) is 0.578. The lowest BCUT2D eigenvalue weighted by Gasteiger charge is -2.12. The number of aromatic nitrogens is 2. The van der Waals surface area contributed by atoms with Crippen LogP contribution in [0.4, 0.5) is 5.82 Å². The zero-order chi connectivity index (χ0) is 16.8. The van der Waals surface area contributed by atoms with Crippen LogP contribution in [0.5, 0.6) is 17.2 Å². The summed E-state index contributed by atoms with van der Waals surface area (Å²) in [6.07, 6.45) is 1.39. The molecule has 0 aliphatic carbocycles. The van der Waals surface area contributed by atoms with Crippen LogP contribution >= 0.6 is 0 Å². The fourth-order valence-corrected chi connectivity index (χ4v) is 1.75. The highest BCUT2D eigenvalue weighted by atomic mass is 16.6. The summed E-state index contributed by atoms with van der Waals surface area (Å²) in [7, 11) is 4.51. The molecule has 122 valence electrons. The second kappa shape index (κ2) is 7.11. The third-order valence-corrected chi connectivity index (χ3v) is 2.80. The molecule has 10 nitrogen and oxygen atoms in total. The standard InChI is InChI=1S/C13H15N5O5/c1-20-8-4-7(5-9(21-2)11(8)22-3)6-15-16-13(19)10-12(14)18-23-17-10/h4-6H,1-3H3,(H2,14,18)(H,16,19). The van der Waals surface area contributed by atoms with Crippen molar-refractivity contribution in [2.24, 2.45) is 5.10 Å². The number of nitrogens with one attached hydrogen (secondary N) is 1. The van der Waals surface area contributed by atoms with E-state index in [1.54, 1.807) is 12.1 Å². The van der Waals surface area contributed by atoms with Gasteiger partial charge in [-0.15, -0.1) is 0 Å².